The highest BCUT2D eigenvalue weighted by molar-refractivity contribution is 7.13. The van der Waals surface area contributed by atoms with Gasteiger partial charge in [-0.1, -0.05) is 0 Å². The minimum absolute atomic E-state index is 0.175. The van der Waals surface area contributed by atoms with Crippen LogP contribution in [0.2, 0.25) is 0 Å². The van der Waals surface area contributed by atoms with Crippen LogP contribution in [0.5, 0.6) is 0 Å². The molecule has 3 aromatic rings. The average molecular weight is 541 g/mol. The lowest BCUT2D eigenvalue weighted by Crippen LogP contribution is -2.45. The third-order valence-corrected chi connectivity index (χ3v) is 9.20. The Balaban J connectivity index is 1.11. The number of carboxylic acid groups (broad SMARTS) is 1. The summed E-state index contributed by atoms with van der Waals surface area (Å²) in [7, 11) is 0. The van der Waals surface area contributed by atoms with Crippen LogP contribution < -0.4 is 10.6 Å². The van der Waals surface area contributed by atoms with E-state index in [2.05, 4.69) is 25.0 Å². The number of aromatic nitrogens is 5. The summed E-state index contributed by atoms with van der Waals surface area (Å²) in [4.78, 5) is 24.3. The number of carboxylic acids is 1. The van der Waals surface area contributed by atoms with Crippen molar-refractivity contribution in [2.24, 2.45) is 5.92 Å². The molecule has 5 heterocycles. The molecular weight excluding hydrogens is 504 g/mol. The van der Waals surface area contributed by atoms with Crippen LogP contribution in [0.1, 0.15) is 63.1 Å². The monoisotopic (exact) mass is 540 g/mol. The van der Waals surface area contributed by atoms with Gasteiger partial charge in [-0.05, 0) is 82.9 Å². The summed E-state index contributed by atoms with van der Waals surface area (Å²) in [6.07, 6.45) is 11.7. The van der Waals surface area contributed by atoms with Crippen molar-refractivity contribution in [2.45, 2.75) is 76.4 Å². The topological polar surface area (TPSA) is 130 Å². The summed E-state index contributed by atoms with van der Waals surface area (Å²) >= 11 is 1.40. The van der Waals surface area contributed by atoms with Gasteiger partial charge in [0.25, 0.3) is 0 Å². The molecule has 2 saturated heterocycles. The molecule has 3 N–H and O–H groups in total. The summed E-state index contributed by atoms with van der Waals surface area (Å²) < 4.78 is 12.0. The number of nitrogens with zero attached hydrogens (tertiary/aromatic N) is 6. The van der Waals surface area contributed by atoms with E-state index < -0.39 is 5.97 Å². The number of anilines is 3. The van der Waals surface area contributed by atoms with E-state index in [0.29, 0.717) is 24.1 Å². The van der Waals surface area contributed by atoms with Crippen LogP contribution in [0.15, 0.2) is 12.4 Å². The molecule has 204 valence electrons. The normalized spacial score (nSPS) is 24.0. The van der Waals surface area contributed by atoms with Gasteiger partial charge in [0.15, 0.2) is 4.83 Å². The number of nitrogens with one attached hydrogen (secondary N) is 2. The van der Waals surface area contributed by atoms with Gasteiger partial charge in [-0.3, -0.25) is 9.48 Å². The predicted molar refractivity (Wildman–Crippen MR) is 146 cm³/mol. The Morgan fingerprint density at radius 3 is 2.55 bits per heavy atom. The molecular formula is C26H36N8O3S. The number of fused-ring (bicyclic) bond motifs is 1. The second-order valence-corrected chi connectivity index (χ2v) is 11.6. The third kappa shape index (κ3) is 5.48. The second kappa shape index (κ2) is 11.1. The van der Waals surface area contributed by atoms with Gasteiger partial charge in [0, 0.05) is 31.5 Å². The summed E-state index contributed by atoms with van der Waals surface area (Å²) in [5, 5.41) is 21.9. The van der Waals surface area contributed by atoms with Gasteiger partial charge in [-0.15, -0.1) is 0 Å². The molecule has 0 radical (unpaired) electrons. The van der Waals surface area contributed by atoms with E-state index in [0.717, 1.165) is 105 Å². The molecule has 6 rings (SSSR count). The number of aryl methyl sites for hydroxylation is 1. The number of hydrogen-bond donors (Lipinski definition) is 3. The van der Waals surface area contributed by atoms with E-state index >= 15 is 0 Å². The van der Waals surface area contributed by atoms with Gasteiger partial charge >= 0.3 is 5.97 Å². The largest absolute Gasteiger partial charge is 0.481 e. The number of piperidine rings is 1. The van der Waals surface area contributed by atoms with Gasteiger partial charge in [0.05, 0.1) is 34.9 Å². The fourth-order valence-electron chi connectivity index (χ4n) is 6.12. The number of aliphatic carboxylic acids is 1. The Morgan fingerprint density at radius 1 is 1.05 bits per heavy atom. The quantitative estimate of drug-likeness (QED) is 0.401. The Kier molecular flexibility index (Phi) is 7.44. The first-order valence-corrected chi connectivity index (χ1v) is 14.6. The number of carbonyl (C=O) groups is 1. The lowest BCUT2D eigenvalue weighted by molar-refractivity contribution is -0.143. The minimum atomic E-state index is -0.644. The number of hydrogen-bond acceptors (Lipinski definition) is 10. The molecule has 0 amide bonds. The molecule has 38 heavy (non-hydrogen) atoms. The molecule has 0 unspecified atom stereocenters. The van der Waals surface area contributed by atoms with Gasteiger partial charge < -0.3 is 25.4 Å². The van der Waals surface area contributed by atoms with E-state index in [1.165, 1.54) is 11.5 Å². The lowest BCUT2D eigenvalue weighted by atomic mass is 9.87. The van der Waals surface area contributed by atoms with E-state index in [9.17, 15) is 9.90 Å². The standard InChI is InChI=1S/C26H36N8O3S/c1-16-22-23(28-18-2-4-20(5-3-18)33-10-6-17(7-11-33)25(35)36)30-26(31-24(22)38-32-16)29-19-14-27-34(15-19)21-8-12-37-13-9-21/h14-15,17-18,20-21H,2-13H2,1H3,(H,35,36)(H2,28,29,30,31). The maximum Gasteiger partial charge on any atom is 0.306 e. The summed E-state index contributed by atoms with van der Waals surface area (Å²) in [5.41, 5.74) is 1.82. The zero-order valence-corrected chi connectivity index (χ0v) is 22.6. The average Bonchev–Trinajstić information content (AvgIpc) is 3.56. The third-order valence-electron chi connectivity index (χ3n) is 8.36. The highest BCUT2D eigenvalue weighted by Crippen LogP contribution is 2.33. The minimum Gasteiger partial charge on any atom is -0.481 e. The van der Waals surface area contributed by atoms with Crippen LogP contribution in [0.3, 0.4) is 0 Å². The van der Waals surface area contributed by atoms with Crippen molar-refractivity contribution in [3.05, 3.63) is 18.1 Å². The number of rotatable bonds is 7. The Morgan fingerprint density at radius 2 is 1.82 bits per heavy atom. The fourth-order valence-corrected chi connectivity index (χ4v) is 6.90. The van der Waals surface area contributed by atoms with Crippen molar-refractivity contribution in [3.63, 3.8) is 0 Å². The van der Waals surface area contributed by atoms with Crippen LogP contribution in [0, 0.1) is 12.8 Å². The molecule has 12 heteroatoms. The van der Waals surface area contributed by atoms with E-state index in [1.54, 1.807) is 0 Å². The van der Waals surface area contributed by atoms with Crippen molar-refractivity contribution in [3.8, 4) is 0 Å². The van der Waals surface area contributed by atoms with Crippen molar-refractivity contribution in [2.75, 3.05) is 36.9 Å². The first-order valence-electron chi connectivity index (χ1n) is 13.8. The molecule has 1 saturated carbocycles. The van der Waals surface area contributed by atoms with Crippen LogP contribution in [-0.2, 0) is 9.53 Å². The maximum atomic E-state index is 11.3. The molecule has 0 atom stereocenters. The predicted octanol–water partition coefficient (Wildman–Crippen LogP) is 4.21. The van der Waals surface area contributed by atoms with Crippen molar-refractivity contribution in [1.82, 2.24) is 29.0 Å². The zero-order valence-electron chi connectivity index (χ0n) is 21.8. The number of ether oxygens (including phenoxy) is 1. The van der Waals surface area contributed by atoms with Gasteiger partial charge in [0.1, 0.15) is 5.82 Å². The molecule has 1 aliphatic carbocycles. The van der Waals surface area contributed by atoms with E-state index in [4.69, 9.17) is 14.7 Å². The van der Waals surface area contributed by atoms with Gasteiger partial charge in [-0.2, -0.15) is 19.4 Å². The first kappa shape index (κ1) is 25.4. The SMILES string of the molecule is Cc1nsc2nc(Nc3cnn(C4CCOCC4)c3)nc(NC3CCC(N4CCC(C(=O)O)CC4)CC3)c12. The summed E-state index contributed by atoms with van der Waals surface area (Å²) in [6, 6.07) is 1.24. The molecule has 11 nitrogen and oxygen atoms in total. The molecule has 3 fully saturated rings. The molecule has 3 aromatic heterocycles. The van der Waals surface area contributed by atoms with Gasteiger partial charge in [0.2, 0.25) is 5.95 Å². The first-order chi connectivity index (χ1) is 18.5. The molecule has 3 aliphatic rings. The number of likely N-dealkylation sites (tertiary alicyclic amines) is 1. The van der Waals surface area contributed by atoms with Crippen molar-refractivity contribution < 1.29 is 14.6 Å². The van der Waals surface area contributed by atoms with Crippen LogP contribution >= 0.6 is 11.5 Å². The van der Waals surface area contributed by atoms with E-state index in [-0.39, 0.29) is 5.92 Å². The summed E-state index contributed by atoms with van der Waals surface area (Å²) in [6.45, 7) is 5.35. The molecule has 2 aliphatic heterocycles. The highest BCUT2D eigenvalue weighted by atomic mass is 32.1. The highest BCUT2D eigenvalue weighted by Gasteiger charge is 2.31. The van der Waals surface area contributed by atoms with Crippen LogP contribution in [0.4, 0.5) is 17.5 Å². The zero-order chi connectivity index (χ0) is 26.1. The maximum absolute atomic E-state index is 11.3. The molecule has 0 spiro atoms. The van der Waals surface area contributed by atoms with Crippen LogP contribution in [-0.4, -0.2) is 78.5 Å². The van der Waals surface area contributed by atoms with Crippen molar-refractivity contribution >= 4 is 45.2 Å². The Hall–Kier alpha value is -2.83. The summed E-state index contributed by atoms with van der Waals surface area (Å²) in [5.74, 6) is 0.566. The van der Waals surface area contributed by atoms with E-state index in [1.807, 2.05) is 24.0 Å². The Labute approximate surface area is 226 Å². The fraction of sp³-hybridized carbons (Fsp3) is 0.654. The lowest BCUT2D eigenvalue weighted by Gasteiger charge is -2.40. The molecule has 0 aromatic carbocycles. The van der Waals surface area contributed by atoms with Crippen molar-refractivity contribution in [1.29, 1.82) is 0 Å². The smallest absolute Gasteiger partial charge is 0.306 e. The molecule has 0 bridgehead atoms. The van der Waals surface area contributed by atoms with Gasteiger partial charge in [-0.25, -0.2) is 0 Å². The second-order valence-electron chi connectivity index (χ2n) is 10.8. The Bertz CT molecular complexity index is 1260. The van der Waals surface area contributed by atoms with Crippen LogP contribution in [0.25, 0.3) is 10.2 Å².